The van der Waals surface area contributed by atoms with Gasteiger partial charge < -0.3 is 9.47 Å². The molecule has 0 bridgehead atoms. The van der Waals surface area contributed by atoms with Crippen LogP contribution < -0.4 is 9.47 Å². The molecule has 0 radical (unpaired) electrons. The second kappa shape index (κ2) is 11.5. The first-order chi connectivity index (χ1) is 14.1. The Kier molecular flexibility index (Phi) is 9.36. The molecule has 2 aromatic carbocycles. The van der Waals surface area contributed by atoms with Crippen molar-refractivity contribution in [2.24, 2.45) is 0 Å². The average molecular weight is 417 g/mol. The Balaban J connectivity index is 2.66. The van der Waals surface area contributed by atoms with Gasteiger partial charge >= 0.3 is 0 Å². The largest absolute Gasteiger partial charge is 0.494 e. The standard InChI is InChI=1S/C26H37ClO2/c1-7-18-15-25(28-11-5)20(9-3)13-22(18)24(17-27)23-14-21(10-4)26(29-12-6)16-19(23)8-2/h13-16,24H,7-12,17H2,1-6H3. The number of halogens is 1. The maximum absolute atomic E-state index is 6.62. The lowest BCUT2D eigenvalue weighted by Crippen LogP contribution is -2.12. The van der Waals surface area contributed by atoms with Crippen molar-refractivity contribution in [2.75, 3.05) is 19.1 Å². The smallest absolute Gasteiger partial charge is 0.122 e. The van der Waals surface area contributed by atoms with Gasteiger partial charge in [-0.25, -0.2) is 0 Å². The molecule has 0 aliphatic rings. The molecule has 0 heterocycles. The van der Waals surface area contributed by atoms with E-state index in [0.717, 1.165) is 37.2 Å². The third-order valence-corrected chi connectivity index (χ3v) is 5.98. The summed E-state index contributed by atoms with van der Waals surface area (Å²) in [4.78, 5) is 0. The molecule has 0 amide bonds. The summed E-state index contributed by atoms with van der Waals surface area (Å²) in [5.41, 5.74) is 7.84. The van der Waals surface area contributed by atoms with Gasteiger partial charge in [0.1, 0.15) is 11.5 Å². The van der Waals surface area contributed by atoms with Crippen molar-refractivity contribution >= 4 is 11.6 Å². The molecule has 0 aliphatic carbocycles. The van der Waals surface area contributed by atoms with E-state index in [0.29, 0.717) is 19.1 Å². The lowest BCUT2D eigenvalue weighted by atomic mass is 9.83. The van der Waals surface area contributed by atoms with Crippen molar-refractivity contribution in [1.82, 2.24) is 0 Å². The number of alkyl halides is 1. The molecular weight excluding hydrogens is 380 g/mol. The van der Waals surface area contributed by atoms with Crippen LogP contribution in [0.4, 0.5) is 0 Å². The van der Waals surface area contributed by atoms with Crippen molar-refractivity contribution in [3.63, 3.8) is 0 Å². The summed E-state index contributed by atoms with van der Waals surface area (Å²) in [5, 5.41) is 0. The monoisotopic (exact) mass is 416 g/mol. The van der Waals surface area contributed by atoms with Crippen LogP contribution in [-0.2, 0) is 25.7 Å². The molecule has 0 spiro atoms. The minimum Gasteiger partial charge on any atom is -0.494 e. The fraction of sp³-hybridized carbons (Fsp3) is 0.538. The van der Waals surface area contributed by atoms with Gasteiger partial charge in [-0.05, 0) is 85.0 Å². The number of benzene rings is 2. The second-order valence-corrected chi connectivity index (χ2v) is 7.61. The third kappa shape index (κ3) is 5.28. The van der Waals surface area contributed by atoms with Crippen molar-refractivity contribution in [3.05, 3.63) is 57.6 Å². The number of hydrogen-bond donors (Lipinski definition) is 0. The number of ether oxygens (including phenoxy) is 2. The van der Waals surface area contributed by atoms with Gasteiger partial charge in [0.15, 0.2) is 0 Å². The zero-order chi connectivity index (χ0) is 21.4. The summed E-state index contributed by atoms with van der Waals surface area (Å²) >= 11 is 6.62. The van der Waals surface area contributed by atoms with Gasteiger partial charge in [0.2, 0.25) is 0 Å². The molecule has 29 heavy (non-hydrogen) atoms. The molecule has 2 aromatic rings. The third-order valence-electron chi connectivity index (χ3n) is 5.67. The van der Waals surface area contributed by atoms with E-state index in [1.165, 1.54) is 33.4 Å². The first-order valence-electron chi connectivity index (χ1n) is 11.2. The van der Waals surface area contributed by atoms with Crippen LogP contribution in [0.5, 0.6) is 11.5 Å². The molecule has 2 nitrogen and oxygen atoms in total. The molecule has 0 unspecified atom stereocenters. The fourth-order valence-electron chi connectivity index (χ4n) is 4.10. The molecule has 160 valence electrons. The molecule has 0 fully saturated rings. The van der Waals surface area contributed by atoms with Crippen LogP contribution in [0.15, 0.2) is 24.3 Å². The van der Waals surface area contributed by atoms with Crippen LogP contribution in [0.3, 0.4) is 0 Å². The molecule has 0 atom stereocenters. The predicted octanol–water partition coefficient (Wildman–Crippen LogP) is 7.10. The summed E-state index contributed by atoms with van der Waals surface area (Å²) in [6, 6.07) is 9.13. The first kappa shape index (κ1) is 23.6. The lowest BCUT2D eigenvalue weighted by molar-refractivity contribution is 0.336. The van der Waals surface area contributed by atoms with Gasteiger partial charge in [0, 0.05) is 11.8 Å². The highest BCUT2D eigenvalue weighted by atomic mass is 35.5. The summed E-state index contributed by atoms with van der Waals surface area (Å²) in [6.45, 7) is 14.3. The van der Waals surface area contributed by atoms with Gasteiger partial charge in [-0.2, -0.15) is 0 Å². The number of hydrogen-bond acceptors (Lipinski definition) is 2. The Labute approximate surface area is 182 Å². The van der Waals surface area contributed by atoms with Gasteiger partial charge in [-0.3, -0.25) is 0 Å². The van der Waals surface area contributed by atoms with Crippen molar-refractivity contribution in [1.29, 1.82) is 0 Å². The highest BCUT2D eigenvalue weighted by molar-refractivity contribution is 6.18. The lowest BCUT2D eigenvalue weighted by Gasteiger charge is -2.25. The summed E-state index contributed by atoms with van der Waals surface area (Å²) in [5.74, 6) is 2.76. The molecule has 3 heteroatoms. The van der Waals surface area contributed by atoms with E-state index < -0.39 is 0 Å². The molecule has 0 aromatic heterocycles. The highest BCUT2D eigenvalue weighted by Gasteiger charge is 2.22. The molecule has 0 N–H and O–H groups in total. The molecule has 0 saturated heterocycles. The van der Waals surface area contributed by atoms with Crippen LogP contribution in [0.2, 0.25) is 0 Å². The Bertz CT molecular complexity index is 732. The Morgan fingerprint density at radius 3 is 1.28 bits per heavy atom. The van der Waals surface area contributed by atoms with E-state index in [1.807, 2.05) is 13.8 Å². The maximum Gasteiger partial charge on any atom is 0.122 e. The van der Waals surface area contributed by atoms with E-state index in [-0.39, 0.29) is 5.92 Å². The number of rotatable bonds is 11. The van der Waals surface area contributed by atoms with Crippen LogP contribution in [0.1, 0.15) is 80.8 Å². The number of aryl methyl sites for hydroxylation is 4. The van der Waals surface area contributed by atoms with E-state index in [1.54, 1.807) is 0 Å². The topological polar surface area (TPSA) is 18.5 Å². The first-order valence-corrected chi connectivity index (χ1v) is 11.7. The van der Waals surface area contributed by atoms with E-state index in [9.17, 15) is 0 Å². The second-order valence-electron chi connectivity index (χ2n) is 7.30. The molecule has 2 rings (SSSR count). The van der Waals surface area contributed by atoms with Crippen LogP contribution in [-0.4, -0.2) is 19.1 Å². The van der Waals surface area contributed by atoms with Crippen molar-refractivity contribution in [2.45, 2.75) is 73.1 Å². The van der Waals surface area contributed by atoms with Gasteiger partial charge in [0.05, 0.1) is 13.2 Å². The predicted molar refractivity (Wildman–Crippen MR) is 125 cm³/mol. The zero-order valence-electron chi connectivity index (χ0n) is 19.0. The maximum atomic E-state index is 6.62. The van der Waals surface area contributed by atoms with Gasteiger partial charge in [0.25, 0.3) is 0 Å². The molecule has 0 saturated carbocycles. The fourth-order valence-corrected chi connectivity index (χ4v) is 4.43. The quantitative estimate of drug-likeness (QED) is 0.363. The van der Waals surface area contributed by atoms with Crippen molar-refractivity contribution in [3.8, 4) is 11.5 Å². The SMILES string of the molecule is CCOc1cc(CC)c(C(CCl)c2cc(CC)c(OCC)cc2CC)cc1CC. The molecule has 0 aliphatic heterocycles. The Morgan fingerprint density at radius 2 is 1.00 bits per heavy atom. The van der Waals surface area contributed by atoms with Crippen LogP contribution in [0, 0.1) is 0 Å². The average Bonchev–Trinajstić information content (AvgIpc) is 2.75. The minimum atomic E-state index is 0.170. The normalized spacial score (nSPS) is 11.2. The van der Waals surface area contributed by atoms with Crippen molar-refractivity contribution < 1.29 is 9.47 Å². The minimum absolute atomic E-state index is 0.170. The van der Waals surface area contributed by atoms with Crippen LogP contribution >= 0.6 is 11.6 Å². The van der Waals surface area contributed by atoms with E-state index in [4.69, 9.17) is 21.1 Å². The zero-order valence-corrected chi connectivity index (χ0v) is 19.8. The summed E-state index contributed by atoms with van der Waals surface area (Å²) in [7, 11) is 0. The Hall–Kier alpha value is -1.67. The Morgan fingerprint density at radius 1 is 0.621 bits per heavy atom. The van der Waals surface area contributed by atoms with E-state index >= 15 is 0 Å². The summed E-state index contributed by atoms with van der Waals surface area (Å²) in [6.07, 6.45) is 3.83. The highest BCUT2D eigenvalue weighted by Crippen LogP contribution is 2.38. The molecular formula is C26H37ClO2. The van der Waals surface area contributed by atoms with Gasteiger partial charge in [-0.1, -0.05) is 39.8 Å². The van der Waals surface area contributed by atoms with E-state index in [2.05, 4.69) is 52.0 Å². The van der Waals surface area contributed by atoms with Gasteiger partial charge in [-0.15, -0.1) is 11.6 Å². The van der Waals surface area contributed by atoms with Crippen LogP contribution in [0.25, 0.3) is 0 Å². The summed E-state index contributed by atoms with van der Waals surface area (Å²) < 4.78 is 11.8.